The summed E-state index contributed by atoms with van der Waals surface area (Å²) < 4.78 is 1.61. The minimum Gasteiger partial charge on any atom is -0.341 e. The number of nitrogens with zero attached hydrogens (tertiary/aromatic N) is 3. The highest BCUT2D eigenvalue weighted by molar-refractivity contribution is 6.04. The Morgan fingerprint density at radius 2 is 1.56 bits per heavy atom. The molecule has 8 nitrogen and oxygen atoms in total. The topological polar surface area (TPSA) is 101 Å². The molecule has 2 aromatic carbocycles. The summed E-state index contributed by atoms with van der Waals surface area (Å²) in [5.74, 6) is -0.225. The van der Waals surface area contributed by atoms with Gasteiger partial charge in [0.1, 0.15) is 12.7 Å². The van der Waals surface area contributed by atoms with Crippen LogP contribution < -0.4 is 16.0 Å². The van der Waals surface area contributed by atoms with E-state index in [4.69, 9.17) is 0 Å². The van der Waals surface area contributed by atoms with Crippen molar-refractivity contribution in [3.05, 3.63) is 66.7 Å². The van der Waals surface area contributed by atoms with Crippen LogP contribution in [0, 0.1) is 0 Å². The molecule has 0 radical (unpaired) electrons. The summed E-state index contributed by atoms with van der Waals surface area (Å²) in [6, 6.07) is 13.6. The molecule has 1 aromatic heterocycles. The number of nitrogens with one attached hydrogen (secondary N) is 3. The molecule has 3 aromatic rings. The Hall–Kier alpha value is -3.68. The van der Waals surface area contributed by atoms with Crippen molar-refractivity contribution in [2.24, 2.45) is 0 Å². The van der Waals surface area contributed by atoms with Gasteiger partial charge in [0.25, 0.3) is 5.91 Å². The molecule has 25 heavy (non-hydrogen) atoms. The van der Waals surface area contributed by atoms with Gasteiger partial charge in [0.2, 0.25) is 0 Å². The van der Waals surface area contributed by atoms with Gasteiger partial charge in [-0.1, -0.05) is 0 Å². The lowest BCUT2D eigenvalue weighted by molar-refractivity contribution is 0.102. The SMILES string of the molecule is CNC(=O)Nc1ccc(NC(=O)c2ccc(-n3cncn3)cc2)cc1. The molecule has 126 valence electrons. The van der Waals surface area contributed by atoms with Crippen LogP contribution in [0.1, 0.15) is 10.4 Å². The van der Waals surface area contributed by atoms with Crippen LogP contribution in [-0.4, -0.2) is 33.8 Å². The third-order valence-corrected chi connectivity index (χ3v) is 3.44. The zero-order chi connectivity index (χ0) is 17.6. The van der Waals surface area contributed by atoms with E-state index in [1.54, 1.807) is 59.5 Å². The Bertz CT molecular complexity index is 857. The fourth-order valence-corrected chi connectivity index (χ4v) is 2.14. The van der Waals surface area contributed by atoms with E-state index in [2.05, 4.69) is 26.0 Å². The predicted molar refractivity (Wildman–Crippen MR) is 93.8 cm³/mol. The summed E-state index contributed by atoms with van der Waals surface area (Å²) in [5.41, 5.74) is 2.61. The number of carbonyl (C=O) groups excluding carboxylic acids is 2. The van der Waals surface area contributed by atoms with E-state index in [0.29, 0.717) is 16.9 Å². The van der Waals surface area contributed by atoms with Gasteiger partial charge in [0.05, 0.1) is 5.69 Å². The quantitative estimate of drug-likeness (QED) is 0.680. The Labute approximate surface area is 143 Å². The molecule has 0 fully saturated rings. The maximum absolute atomic E-state index is 12.3. The van der Waals surface area contributed by atoms with Crippen LogP contribution in [0.15, 0.2) is 61.2 Å². The summed E-state index contributed by atoms with van der Waals surface area (Å²) >= 11 is 0. The largest absolute Gasteiger partial charge is 0.341 e. The highest BCUT2D eigenvalue weighted by Crippen LogP contribution is 2.15. The third kappa shape index (κ3) is 3.99. The molecule has 3 N–H and O–H groups in total. The van der Waals surface area contributed by atoms with E-state index in [1.807, 2.05) is 0 Å². The molecule has 0 bridgehead atoms. The van der Waals surface area contributed by atoms with Gasteiger partial charge in [-0.25, -0.2) is 14.5 Å². The minimum atomic E-state index is -0.302. The lowest BCUT2D eigenvalue weighted by Gasteiger charge is -2.08. The van der Waals surface area contributed by atoms with Crippen molar-refractivity contribution in [2.75, 3.05) is 17.7 Å². The van der Waals surface area contributed by atoms with E-state index in [9.17, 15) is 9.59 Å². The number of urea groups is 1. The number of hydrogen-bond acceptors (Lipinski definition) is 4. The average molecular weight is 336 g/mol. The van der Waals surface area contributed by atoms with Gasteiger partial charge >= 0.3 is 6.03 Å². The van der Waals surface area contributed by atoms with Crippen molar-refractivity contribution < 1.29 is 9.59 Å². The number of hydrogen-bond donors (Lipinski definition) is 3. The zero-order valence-electron chi connectivity index (χ0n) is 13.4. The summed E-state index contributed by atoms with van der Waals surface area (Å²) in [4.78, 5) is 27.4. The predicted octanol–water partition coefficient (Wildman–Crippen LogP) is 2.27. The second-order valence-corrected chi connectivity index (χ2v) is 5.12. The molecule has 0 atom stereocenters. The normalized spacial score (nSPS) is 10.1. The lowest BCUT2D eigenvalue weighted by atomic mass is 10.2. The monoisotopic (exact) mass is 336 g/mol. The molecular formula is C17H16N6O2. The Balaban J connectivity index is 1.64. The van der Waals surface area contributed by atoms with Crippen LogP contribution in [-0.2, 0) is 0 Å². The second-order valence-electron chi connectivity index (χ2n) is 5.12. The zero-order valence-corrected chi connectivity index (χ0v) is 13.4. The Morgan fingerprint density at radius 3 is 2.12 bits per heavy atom. The first-order chi connectivity index (χ1) is 12.2. The fourth-order valence-electron chi connectivity index (χ4n) is 2.14. The number of anilines is 2. The van der Waals surface area contributed by atoms with E-state index in [1.165, 1.54) is 13.4 Å². The van der Waals surface area contributed by atoms with Gasteiger partial charge in [-0.15, -0.1) is 0 Å². The standard InChI is InChI=1S/C17H16N6O2/c1-18-17(25)22-14-6-4-13(5-7-14)21-16(24)12-2-8-15(9-3-12)23-11-19-10-20-23/h2-11H,1H3,(H,21,24)(H2,18,22,25). The first kappa shape index (κ1) is 16.2. The van der Waals surface area contributed by atoms with Gasteiger partial charge in [-0.2, -0.15) is 5.10 Å². The van der Waals surface area contributed by atoms with Crippen LogP contribution in [0.25, 0.3) is 5.69 Å². The van der Waals surface area contributed by atoms with Crippen LogP contribution in [0.4, 0.5) is 16.2 Å². The smallest absolute Gasteiger partial charge is 0.318 e. The molecule has 0 saturated heterocycles. The van der Waals surface area contributed by atoms with E-state index in [0.717, 1.165) is 5.69 Å². The van der Waals surface area contributed by atoms with Crippen molar-refractivity contribution in [2.45, 2.75) is 0 Å². The summed E-state index contributed by atoms with van der Waals surface area (Å²) in [5, 5.41) is 12.0. The van der Waals surface area contributed by atoms with Crippen molar-refractivity contribution in [3.8, 4) is 5.69 Å². The molecule has 8 heteroatoms. The summed E-state index contributed by atoms with van der Waals surface area (Å²) in [7, 11) is 1.54. The number of carbonyl (C=O) groups is 2. The van der Waals surface area contributed by atoms with Gasteiger partial charge in [0.15, 0.2) is 0 Å². The van der Waals surface area contributed by atoms with Crippen LogP contribution in [0.3, 0.4) is 0 Å². The molecule has 3 rings (SSSR count). The van der Waals surface area contributed by atoms with Crippen molar-refractivity contribution in [1.82, 2.24) is 20.1 Å². The average Bonchev–Trinajstić information content (AvgIpc) is 3.18. The van der Waals surface area contributed by atoms with Crippen LogP contribution in [0.2, 0.25) is 0 Å². The highest BCUT2D eigenvalue weighted by atomic mass is 16.2. The first-order valence-electron chi connectivity index (χ1n) is 7.51. The molecule has 3 amide bonds. The molecule has 0 unspecified atom stereocenters. The first-order valence-corrected chi connectivity index (χ1v) is 7.51. The van der Waals surface area contributed by atoms with Crippen molar-refractivity contribution >= 4 is 23.3 Å². The van der Waals surface area contributed by atoms with Gasteiger partial charge in [0, 0.05) is 24.0 Å². The van der Waals surface area contributed by atoms with E-state index < -0.39 is 0 Å². The molecule has 0 spiro atoms. The second kappa shape index (κ2) is 7.26. The molecule has 0 aliphatic heterocycles. The lowest BCUT2D eigenvalue weighted by Crippen LogP contribution is -2.24. The Morgan fingerprint density at radius 1 is 0.920 bits per heavy atom. The fraction of sp³-hybridized carbons (Fsp3) is 0.0588. The number of benzene rings is 2. The number of amides is 3. The molecule has 0 aliphatic carbocycles. The van der Waals surface area contributed by atoms with Crippen molar-refractivity contribution in [3.63, 3.8) is 0 Å². The Kier molecular flexibility index (Phi) is 4.70. The molecule has 0 saturated carbocycles. The highest BCUT2D eigenvalue weighted by Gasteiger charge is 2.07. The summed E-state index contributed by atoms with van der Waals surface area (Å²) in [6.45, 7) is 0. The third-order valence-electron chi connectivity index (χ3n) is 3.44. The number of rotatable bonds is 4. The van der Waals surface area contributed by atoms with E-state index in [-0.39, 0.29) is 11.9 Å². The van der Waals surface area contributed by atoms with Gasteiger partial charge in [-0.3, -0.25) is 4.79 Å². The maximum Gasteiger partial charge on any atom is 0.318 e. The van der Waals surface area contributed by atoms with Crippen molar-refractivity contribution in [1.29, 1.82) is 0 Å². The maximum atomic E-state index is 12.3. The van der Waals surface area contributed by atoms with E-state index >= 15 is 0 Å². The van der Waals surface area contributed by atoms with Gasteiger partial charge < -0.3 is 16.0 Å². The molecular weight excluding hydrogens is 320 g/mol. The van der Waals surface area contributed by atoms with Crippen LogP contribution >= 0.6 is 0 Å². The van der Waals surface area contributed by atoms with Crippen LogP contribution in [0.5, 0.6) is 0 Å². The van der Waals surface area contributed by atoms with Gasteiger partial charge in [-0.05, 0) is 48.5 Å². The molecule has 0 aliphatic rings. The number of aromatic nitrogens is 3. The minimum absolute atomic E-state index is 0.225. The molecule has 1 heterocycles. The summed E-state index contributed by atoms with van der Waals surface area (Å²) in [6.07, 6.45) is 3.03.